The van der Waals surface area contributed by atoms with Gasteiger partial charge in [0.25, 0.3) is 8.32 Å². The molecule has 2 heterocycles. The molecule has 15 heteroatoms. The Hall–Kier alpha value is -3.14. The number of thioether (sulfide) groups is 1. The fourth-order valence-corrected chi connectivity index (χ4v) is 8.78. The lowest BCUT2D eigenvalue weighted by atomic mass is 9.99. The zero-order valence-corrected chi connectivity index (χ0v) is 31.9. The minimum atomic E-state index is -2.43. The lowest BCUT2D eigenvalue weighted by Crippen LogP contribution is -2.48. The first-order chi connectivity index (χ1) is 22.6. The van der Waals surface area contributed by atoms with Crippen LogP contribution in [0.15, 0.2) is 23.2 Å². The van der Waals surface area contributed by atoms with E-state index in [-0.39, 0.29) is 30.6 Å². The van der Waals surface area contributed by atoms with Crippen molar-refractivity contribution in [3.63, 3.8) is 0 Å². The summed E-state index contributed by atoms with van der Waals surface area (Å²) in [6.07, 6.45) is 1.60. The number of hydrogen-bond acceptors (Lipinski definition) is 12. The molecule has 1 amide bonds. The van der Waals surface area contributed by atoms with Gasteiger partial charge in [-0.2, -0.15) is 16.7 Å². The van der Waals surface area contributed by atoms with E-state index in [0.717, 1.165) is 0 Å². The van der Waals surface area contributed by atoms with E-state index in [0.29, 0.717) is 75.8 Å². The second-order valence-corrected chi connectivity index (χ2v) is 19.1. The number of ether oxygens (including phenoxy) is 3. The van der Waals surface area contributed by atoms with Crippen molar-refractivity contribution in [2.24, 2.45) is 5.92 Å². The van der Waals surface area contributed by atoms with E-state index in [1.165, 1.54) is 17.8 Å². The fraction of sp³-hybridized carbons (Fsp3) is 0.606. The van der Waals surface area contributed by atoms with Gasteiger partial charge in [0.15, 0.2) is 5.82 Å². The van der Waals surface area contributed by atoms with Crippen LogP contribution < -0.4 is 19.8 Å². The van der Waals surface area contributed by atoms with Crippen molar-refractivity contribution >= 4 is 49.3 Å². The van der Waals surface area contributed by atoms with Crippen molar-refractivity contribution in [1.29, 1.82) is 0 Å². The molecular weight excluding hydrogens is 673 g/mol. The number of aliphatic hydroxyl groups excluding tert-OH is 1. The summed E-state index contributed by atoms with van der Waals surface area (Å²) in [6.45, 7) is 18.3. The van der Waals surface area contributed by atoms with E-state index in [1.807, 2.05) is 13.0 Å². The Bertz CT molecular complexity index is 1450. The van der Waals surface area contributed by atoms with Crippen LogP contribution in [0.5, 0.6) is 11.5 Å². The van der Waals surface area contributed by atoms with Crippen LogP contribution in [0.2, 0.25) is 18.1 Å². The van der Waals surface area contributed by atoms with Crippen molar-refractivity contribution < 1.29 is 37.9 Å². The molecule has 0 bridgehead atoms. The molecule has 1 aliphatic rings. The molecule has 0 saturated heterocycles. The zero-order valence-electron chi connectivity index (χ0n) is 29.3. The summed E-state index contributed by atoms with van der Waals surface area (Å²) in [4.78, 5) is 30.9. The number of benzene rings is 1. The number of rotatable bonds is 11. The maximum Gasteiger partial charge on any atom is 0.407 e. The van der Waals surface area contributed by atoms with Crippen LogP contribution in [0.1, 0.15) is 86.2 Å². The van der Waals surface area contributed by atoms with E-state index < -0.39 is 32.5 Å². The maximum absolute atomic E-state index is 13.9. The molecule has 12 nitrogen and oxygen atoms in total. The smallest absolute Gasteiger partial charge is 0.407 e. The van der Waals surface area contributed by atoms with Gasteiger partial charge in [0.05, 0.1) is 30.8 Å². The van der Waals surface area contributed by atoms with Crippen LogP contribution in [0.25, 0.3) is 0 Å². The lowest BCUT2D eigenvalue weighted by molar-refractivity contribution is 0.0108. The molecule has 0 unspecified atom stereocenters. The maximum atomic E-state index is 13.9. The Balaban J connectivity index is 2.03. The van der Waals surface area contributed by atoms with Gasteiger partial charge < -0.3 is 38.9 Å². The van der Waals surface area contributed by atoms with Gasteiger partial charge in [0.2, 0.25) is 5.89 Å². The molecule has 0 radical (unpaired) electrons. The normalized spacial score (nSPS) is 18.2. The predicted octanol–water partition coefficient (Wildman–Crippen LogP) is 6.41. The highest BCUT2D eigenvalue weighted by molar-refractivity contribution is 7.98. The molecule has 48 heavy (non-hydrogen) atoms. The van der Waals surface area contributed by atoms with Crippen LogP contribution in [-0.2, 0) is 21.8 Å². The average molecular weight is 723 g/mol. The summed E-state index contributed by atoms with van der Waals surface area (Å²) in [5, 5.41) is 20.0. The van der Waals surface area contributed by atoms with Crippen molar-refractivity contribution in [1.82, 2.24) is 20.8 Å². The summed E-state index contributed by atoms with van der Waals surface area (Å²) in [5.41, 5.74) is 1.69. The van der Waals surface area contributed by atoms with Crippen LogP contribution >= 0.6 is 24.0 Å². The van der Waals surface area contributed by atoms with Gasteiger partial charge in [-0.15, -0.1) is 0 Å². The van der Waals surface area contributed by atoms with Gasteiger partial charge in [-0.05, 0) is 50.2 Å². The molecule has 0 saturated carbocycles. The summed E-state index contributed by atoms with van der Waals surface area (Å²) in [7, 11) is -0.868. The molecule has 0 aliphatic carbocycles. The standard InChI is InChI=1S/C33H50N4O8S2Si/c1-10-14-42-32(40)34-16-27-36-30(44-37-27)24-19-47-18-23-26(45-48(8,9)33(5,6)20(2)3)15-25(41-7)21(4)29(23)31(39)43-22(17-38)12-11-13-28(46)35-24/h10,15,20,22,24,38H,1,11-14,16-19H2,2-9H3,(H,34,40)(H,35,46)/t22-,24-/m0/s1. The summed E-state index contributed by atoms with van der Waals surface area (Å²) in [5.74, 6) is 2.31. The van der Waals surface area contributed by atoms with Crippen LogP contribution in [0.3, 0.4) is 0 Å². The molecule has 2 atom stereocenters. The minimum Gasteiger partial charge on any atom is -0.543 e. The molecule has 2 aromatic rings. The third kappa shape index (κ3) is 9.95. The molecular formula is C33H50N4O8S2Si. The second-order valence-electron chi connectivity index (χ2n) is 13.1. The van der Waals surface area contributed by atoms with Gasteiger partial charge in [0.1, 0.15) is 30.3 Å². The number of amides is 1. The second kappa shape index (κ2) is 17.5. The van der Waals surface area contributed by atoms with Gasteiger partial charge in [-0.25, -0.2) is 9.59 Å². The van der Waals surface area contributed by atoms with E-state index in [2.05, 4.69) is 68.1 Å². The largest absolute Gasteiger partial charge is 0.543 e. The van der Waals surface area contributed by atoms with Gasteiger partial charge in [-0.3, -0.25) is 0 Å². The number of methoxy groups -OCH3 is 1. The van der Waals surface area contributed by atoms with Crippen molar-refractivity contribution in [3.05, 3.63) is 47.1 Å². The van der Waals surface area contributed by atoms with E-state index in [4.69, 9.17) is 35.4 Å². The number of carbonyl (C=O) groups excluding carboxylic acids is 2. The third-order valence-electron chi connectivity index (χ3n) is 9.17. The van der Waals surface area contributed by atoms with Crippen LogP contribution in [0, 0.1) is 12.8 Å². The first-order valence-corrected chi connectivity index (χ1v) is 20.5. The van der Waals surface area contributed by atoms with E-state index in [1.54, 1.807) is 7.11 Å². The third-order valence-corrected chi connectivity index (χ3v) is 15.0. The topological polar surface area (TPSA) is 154 Å². The van der Waals surface area contributed by atoms with E-state index in [9.17, 15) is 14.7 Å². The molecule has 3 rings (SSSR count). The first kappa shape index (κ1) is 39.3. The predicted molar refractivity (Wildman–Crippen MR) is 192 cm³/mol. The van der Waals surface area contributed by atoms with Gasteiger partial charge >= 0.3 is 12.1 Å². The monoisotopic (exact) mass is 722 g/mol. The number of carbonyl (C=O) groups is 2. The number of nitrogens with one attached hydrogen (secondary N) is 2. The Morgan fingerprint density at radius 3 is 2.73 bits per heavy atom. The molecule has 266 valence electrons. The number of fused-ring (bicyclic) bond motifs is 1. The molecule has 1 aliphatic heterocycles. The number of cyclic esters (lactones) is 1. The summed E-state index contributed by atoms with van der Waals surface area (Å²) >= 11 is 7.19. The number of esters is 1. The molecule has 0 fully saturated rings. The lowest BCUT2D eigenvalue weighted by Gasteiger charge is -2.43. The van der Waals surface area contributed by atoms with Gasteiger partial charge in [-0.1, -0.05) is 57.7 Å². The Kier molecular flexibility index (Phi) is 14.3. The number of alkyl carbamates (subject to hydrolysis) is 1. The first-order valence-electron chi connectivity index (χ1n) is 16.1. The van der Waals surface area contributed by atoms with Crippen molar-refractivity contribution in [2.45, 2.75) is 96.5 Å². The highest BCUT2D eigenvalue weighted by atomic mass is 32.2. The van der Waals surface area contributed by atoms with Crippen LogP contribution in [-0.4, -0.2) is 72.8 Å². The Labute approximate surface area is 294 Å². The number of aliphatic hydroxyl groups is 1. The van der Waals surface area contributed by atoms with Crippen molar-refractivity contribution in [3.8, 4) is 11.5 Å². The van der Waals surface area contributed by atoms with Crippen molar-refractivity contribution in [2.75, 3.05) is 26.1 Å². The number of hydrogen-bond donors (Lipinski definition) is 3. The number of thiocarbonyl (C=S) groups is 1. The molecule has 1 aromatic carbocycles. The number of aromatic nitrogens is 2. The quantitative estimate of drug-likeness (QED) is 0.101. The zero-order chi connectivity index (χ0) is 35.6. The molecule has 1 aromatic heterocycles. The fourth-order valence-electron chi connectivity index (χ4n) is 5.04. The SMILES string of the molecule is C=CCOC(=O)NCc1noc([C@@H]2CSCc3c(O[Si](C)(C)C(C)(C)C(C)C)cc(OC)c(C)c3C(=O)O[C@H](CO)CCCC(=S)N2)n1. The average Bonchev–Trinajstić information content (AvgIpc) is 3.51. The number of nitrogens with zero attached hydrogens (tertiary/aromatic N) is 2. The Morgan fingerprint density at radius 1 is 1.35 bits per heavy atom. The molecule has 3 N–H and O–H groups in total. The Morgan fingerprint density at radius 2 is 2.08 bits per heavy atom. The minimum absolute atomic E-state index is 0.00995. The van der Waals surface area contributed by atoms with Gasteiger partial charge in [0, 0.05) is 28.7 Å². The molecule has 0 spiro atoms. The van der Waals surface area contributed by atoms with E-state index >= 15 is 0 Å². The highest BCUT2D eigenvalue weighted by Crippen LogP contribution is 2.47. The summed E-state index contributed by atoms with van der Waals surface area (Å²) < 4.78 is 29.1. The highest BCUT2D eigenvalue weighted by Gasteiger charge is 2.45. The summed E-state index contributed by atoms with van der Waals surface area (Å²) in [6, 6.07) is 1.40. The van der Waals surface area contributed by atoms with Crippen LogP contribution in [0.4, 0.5) is 4.79 Å².